The van der Waals surface area contributed by atoms with Crippen molar-refractivity contribution in [1.82, 2.24) is 10.9 Å². The van der Waals surface area contributed by atoms with Gasteiger partial charge >= 0.3 is 5.91 Å². The summed E-state index contributed by atoms with van der Waals surface area (Å²) in [4.78, 5) is 24.2. The van der Waals surface area contributed by atoms with E-state index in [0.717, 1.165) is 29.7 Å². The van der Waals surface area contributed by atoms with Crippen LogP contribution in [0.5, 0.6) is 0 Å². The molecule has 0 spiro atoms. The predicted octanol–water partition coefficient (Wildman–Crippen LogP) is 4.25. The summed E-state index contributed by atoms with van der Waals surface area (Å²) in [6.45, 7) is 1.84. The molecule has 1 aromatic heterocycles. The van der Waals surface area contributed by atoms with Crippen LogP contribution in [0.15, 0.2) is 28.7 Å². The maximum absolute atomic E-state index is 12.2. The topological polar surface area (TPSA) is 71.3 Å². The van der Waals surface area contributed by atoms with Crippen molar-refractivity contribution in [2.24, 2.45) is 5.92 Å². The lowest BCUT2D eigenvalue weighted by Gasteiger charge is -2.21. The molecule has 0 radical (unpaired) electrons. The molecule has 1 aromatic carbocycles. The second kappa shape index (κ2) is 8.19. The zero-order valence-corrected chi connectivity index (χ0v) is 14.8. The van der Waals surface area contributed by atoms with Crippen molar-refractivity contribution in [2.75, 3.05) is 0 Å². The second-order valence-electron chi connectivity index (χ2n) is 6.95. The lowest BCUT2D eigenvalue weighted by Crippen LogP contribution is -2.41. The van der Waals surface area contributed by atoms with Gasteiger partial charge in [0.2, 0.25) is 5.91 Å². The smallest absolute Gasteiger partial charge is 0.305 e. The van der Waals surface area contributed by atoms with Crippen molar-refractivity contribution in [1.29, 1.82) is 0 Å². The minimum atomic E-state index is -0.422. The summed E-state index contributed by atoms with van der Waals surface area (Å²) in [5.74, 6) is 0.435. The third-order valence-electron chi connectivity index (χ3n) is 5.11. The first-order chi connectivity index (χ1) is 12.1. The van der Waals surface area contributed by atoms with Crippen LogP contribution in [0.2, 0.25) is 0 Å². The van der Waals surface area contributed by atoms with E-state index in [2.05, 4.69) is 10.9 Å². The molecule has 25 heavy (non-hydrogen) atoms. The molecule has 0 atom stereocenters. The van der Waals surface area contributed by atoms with Crippen LogP contribution >= 0.6 is 0 Å². The normalized spacial score (nSPS) is 15.2. The van der Waals surface area contributed by atoms with Gasteiger partial charge < -0.3 is 4.42 Å². The summed E-state index contributed by atoms with van der Waals surface area (Å²) < 4.78 is 5.59. The Bertz CT molecular complexity index is 744. The molecule has 0 bridgehead atoms. The summed E-state index contributed by atoms with van der Waals surface area (Å²) in [5, 5.41) is 0.909. The fraction of sp³-hybridized carbons (Fsp3) is 0.500. The van der Waals surface area contributed by atoms with Gasteiger partial charge in [0.1, 0.15) is 5.58 Å². The number of rotatable bonds is 5. The van der Waals surface area contributed by atoms with E-state index >= 15 is 0 Å². The number of furan rings is 1. The number of nitrogens with one attached hydrogen (secondary N) is 2. The average molecular weight is 342 g/mol. The monoisotopic (exact) mass is 342 g/mol. The quantitative estimate of drug-likeness (QED) is 0.798. The molecule has 2 amide bonds. The number of fused-ring (bicyclic) bond motifs is 1. The van der Waals surface area contributed by atoms with Gasteiger partial charge in [-0.1, -0.05) is 50.3 Å². The molecule has 134 valence electrons. The molecule has 1 heterocycles. The second-order valence-corrected chi connectivity index (χ2v) is 6.95. The predicted molar refractivity (Wildman–Crippen MR) is 97.0 cm³/mol. The van der Waals surface area contributed by atoms with E-state index in [0.29, 0.717) is 12.0 Å². The van der Waals surface area contributed by atoms with Crippen LogP contribution in [-0.2, 0) is 4.79 Å². The highest BCUT2D eigenvalue weighted by atomic mass is 16.3. The van der Waals surface area contributed by atoms with Gasteiger partial charge in [0, 0.05) is 17.4 Å². The maximum atomic E-state index is 12.2. The molecule has 0 saturated heterocycles. The standard InChI is InChI=1S/C20H26N2O3/c1-14-16-11-5-6-12-17(16)25-19(14)20(24)22-21-18(23)13-7-10-15-8-3-2-4-9-15/h5-6,11-12,15H,2-4,7-10,13H2,1H3,(H,21,23)(H,22,24). The first-order valence-corrected chi connectivity index (χ1v) is 9.22. The maximum Gasteiger partial charge on any atom is 0.305 e. The summed E-state index contributed by atoms with van der Waals surface area (Å²) in [5.41, 5.74) is 6.40. The van der Waals surface area contributed by atoms with E-state index in [9.17, 15) is 9.59 Å². The van der Waals surface area contributed by atoms with Crippen molar-refractivity contribution in [2.45, 2.75) is 58.3 Å². The summed E-state index contributed by atoms with van der Waals surface area (Å²) in [6, 6.07) is 7.50. The van der Waals surface area contributed by atoms with Crippen LogP contribution < -0.4 is 10.9 Å². The summed E-state index contributed by atoms with van der Waals surface area (Å²) in [7, 11) is 0. The van der Waals surface area contributed by atoms with E-state index in [1.54, 1.807) is 0 Å². The fourth-order valence-electron chi connectivity index (χ4n) is 3.66. The van der Waals surface area contributed by atoms with Crippen LogP contribution in [-0.4, -0.2) is 11.8 Å². The minimum absolute atomic E-state index is 0.155. The Hall–Kier alpha value is -2.30. The molecule has 1 saturated carbocycles. The Balaban J connectivity index is 1.44. The van der Waals surface area contributed by atoms with Crippen LogP contribution in [0.4, 0.5) is 0 Å². The number of hydrogen-bond acceptors (Lipinski definition) is 3. The number of benzene rings is 1. The zero-order chi connectivity index (χ0) is 17.6. The molecular weight excluding hydrogens is 316 g/mol. The lowest BCUT2D eigenvalue weighted by atomic mass is 9.86. The van der Waals surface area contributed by atoms with Crippen molar-refractivity contribution < 1.29 is 14.0 Å². The fourth-order valence-corrected chi connectivity index (χ4v) is 3.66. The van der Waals surface area contributed by atoms with Gasteiger partial charge in [-0.25, -0.2) is 0 Å². The molecule has 1 aliphatic rings. The zero-order valence-electron chi connectivity index (χ0n) is 14.8. The number of hydrogen-bond donors (Lipinski definition) is 2. The molecule has 1 aliphatic carbocycles. The molecule has 5 heteroatoms. The van der Waals surface area contributed by atoms with Crippen molar-refractivity contribution in [3.05, 3.63) is 35.6 Å². The molecule has 3 rings (SSSR count). The van der Waals surface area contributed by atoms with Gasteiger partial charge in [-0.05, 0) is 31.7 Å². The third-order valence-corrected chi connectivity index (χ3v) is 5.11. The number of carbonyl (C=O) groups is 2. The van der Waals surface area contributed by atoms with Crippen molar-refractivity contribution in [3.63, 3.8) is 0 Å². The lowest BCUT2D eigenvalue weighted by molar-refractivity contribution is -0.122. The van der Waals surface area contributed by atoms with Gasteiger partial charge in [-0.3, -0.25) is 20.4 Å². The van der Waals surface area contributed by atoms with Gasteiger partial charge in [0.15, 0.2) is 5.76 Å². The highest BCUT2D eigenvalue weighted by molar-refractivity contribution is 5.99. The molecule has 2 aromatic rings. The van der Waals surface area contributed by atoms with E-state index in [1.165, 1.54) is 32.1 Å². The summed E-state index contributed by atoms with van der Waals surface area (Å²) >= 11 is 0. The Kier molecular flexibility index (Phi) is 5.74. The number of amides is 2. The molecule has 5 nitrogen and oxygen atoms in total. The molecular formula is C20H26N2O3. The highest BCUT2D eigenvalue weighted by Crippen LogP contribution is 2.27. The first-order valence-electron chi connectivity index (χ1n) is 9.22. The van der Waals surface area contributed by atoms with E-state index in [4.69, 9.17) is 4.42 Å². The molecule has 2 N–H and O–H groups in total. The highest BCUT2D eigenvalue weighted by Gasteiger charge is 2.18. The number of carbonyl (C=O) groups excluding carboxylic acids is 2. The molecule has 0 unspecified atom stereocenters. The largest absolute Gasteiger partial charge is 0.451 e. The van der Waals surface area contributed by atoms with E-state index in [-0.39, 0.29) is 11.7 Å². The van der Waals surface area contributed by atoms with Gasteiger partial charge in [0.25, 0.3) is 0 Å². The number of para-hydroxylation sites is 1. The Labute approximate surface area is 148 Å². The Morgan fingerprint density at radius 3 is 2.64 bits per heavy atom. The minimum Gasteiger partial charge on any atom is -0.451 e. The van der Waals surface area contributed by atoms with Crippen LogP contribution in [0.1, 0.15) is 67.5 Å². The third kappa shape index (κ3) is 4.41. The van der Waals surface area contributed by atoms with Gasteiger partial charge in [0.05, 0.1) is 0 Å². The van der Waals surface area contributed by atoms with Crippen LogP contribution in [0.3, 0.4) is 0 Å². The first kappa shape index (κ1) is 17.5. The van der Waals surface area contributed by atoms with Crippen molar-refractivity contribution in [3.8, 4) is 0 Å². The average Bonchev–Trinajstić information content (AvgIpc) is 2.98. The van der Waals surface area contributed by atoms with E-state index in [1.807, 2.05) is 31.2 Å². The Morgan fingerprint density at radius 2 is 1.88 bits per heavy atom. The molecule has 1 fully saturated rings. The Morgan fingerprint density at radius 1 is 1.12 bits per heavy atom. The van der Waals surface area contributed by atoms with Crippen LogP contribution in [0, 0.1) is 12.8 Å². The van der Waals surface area contributed by atoms with Crippen molar-refractivity contribution >= 4 is 22.8 Å². The summed E-state index contributed by atoms with van der Waals surface area (Å²) in [6.07, 6.45) is 9.00. The number of aryl methyl sites for hydroxylation is 1. The van der Waals surface area contributed by atoms with Gasteiger partial charge in [-0.2, -0.15) is 0 Å². The van der Waals surface area contributed by atoms with Crippen LogP contribution in [0.25, 0.3) is 11.0 Å². The van der Waals surface area contributed by atoms with Gasteiger partial charge in [-0.15, -0.1) is 0 Å². The number of hydrazine groups is 1. The SMILES string of the molecule is Cc1c(C(=O)NNC(=O)CCCC2CCCCC2)oc2ccccc12. The molecule has 0 aliphatic heterocycles. The van der Waals surface area contributed by atoms with E-state index < -0.39 is 5.91 Å².